The van der Waals surface area contributed by atoms with Crippen LogP contribution in [0.25, 0.3) is 0 Å². The van der Waals surface area contributed by atoms with Crippen molar-refractivity contribution in [1.29, 1.82) is 0 Å². The Kier molecular flexibility index (Phi) is 5.30. The van der Waals surface area contributed by atoms with E-state index in [9.17, 15) is 4.79 Å². The summed E-state index contributed by atoms with van der Waals surface area (Å²) >= 11 is 0. The first kappa shape index (κ1) is 14.0. The number of rotatable bonds is 5. The second-order valence-electron chi connectivity index (χ2n) is 4.46. The van der Waals surface area contributed by atoms with Gasteiger partial charge in [-0.05, 0) is 18.6 Å². The van der Waals surface area contributed by atoms with Crippen LogP contribution in [-0.4, -0.2) is 48.8 Å². The molecule has 0 bridgehead atoms. The Bertz CT molecular complexity index is 391. The molecule has 1 aromatic heterocycles. The first-order valence-electron chi connectivity index (χ1n) is 6.68. The molecule has 0 saturated carbocycles. The molecule has 5 heteroatoms. The number of carbonyl (C=O) groups excluding carboxylic acids is 1. The zero-order valence-electron chi connectivity index (χ0n) is 11.2. The van der Waals surface area contributed by atoms with Gasteiger partial charge in [-0.1, -0.05) is 6.07 Å². The quantitative estimate of drug-likeness (QED) is 0.753. The van der Waals surface area contributed by atoms with E-state index in [1.165, 1.54) is 0 Å². The zero-order chi connectivity index (χ0) is 13.5. The molecule has 5 nitrogen and oxygen atoms in total. The SMILES string of the molecule is CCOC(=O)CC(c1cccnc1)N1CCOCC1. The molecule has 1 aliphatic rings. The standard InChI is InChI=1S/C14H20N2O3/c1-2-19-14(17)10-13(12-4-3-5-15-11-12)16-6-8-18-9-7-16/h3-5,11,13H,2,6-10H2,1H3. The summed E-state index contributed by atoms with van der Waals surface area (Å²) in [6.45, 7) is 5.32. The predicted molar refractivity (Wildman–Crippen MR) is 70.6 cm³/mol. The average molecular weight is 264 g/mol. The Morgan fingerprint density at radius 3 is 2.95 bits per heavy atom. The number of carbonyl (C=O) groups is 1. The maximum Gasteiger partial charge on any atom is 0.307 e. The summed E-state index contributed by atoms with van der Waals surface area (Å²) in [6, 6.07) is 3.93. The molecule has 1 aromatic rings. The maximum absolute atomic E-state index is 11.8. The number of esters is 1. The van der Waals surface area contributed by atoms with Gasteiger partial charge in [0.15, 0.2) is 0 Å². The van der Waals surface area contributed by atoms with E-state index in [0.29, 0.717) is 26.2 Å². The number of hydrogen-bond acceptors (Lipinski definition) is 5. The molecular weight excluding hydrogens is 244 g/mol. The molecule has 0 amide bonds. The van der Waals surface area contributed by atoms with Gasteiger partial charge in [0, 0.05) is 31.5 Å². The number of nitrogens with zero attached hydrogens (tertiary/aromatic N) is 2. The molecule has 2 heterocycles. The van der Waals surface area contributed by atoms with Crippen molar-refractivity contribution in [3.05, 3.63) is 30.1 Å². The summed E-state index contributed by atoms with van der Waals surface area (Å²) in [6.07, 6.45) is 3.92. The molecule has 0 aromatic carbocycles. The van der Waals surface area contributed by atoms with Crippen LogP contribution in [-0.2, 0) is 14.3 Å². The lowest BCUT2D eigenvalue weighted by Crippen LogP contribution is -2.40. The average Bonchev–Trinajstić information content (AvgIpc) is 2.47. The lowest BCUT2D eigenvalue weighted by Gasteiger charge is -2.34. The molecule has 1 aliphatic heterocycles. The minimum atomic E-state index is -0.164. The van der Waals surface area contributed by atoms with Crippen molar-refractivity contribution in [1.82, 2.24) is 9.88 Å². The molecule has 0 spiro atoms. The highest BCUT2D eigenvalue weighted by Gasteiger charge is 2.25. The molecule has 1 unspecified atom stereocenters. The Hall–Kier alpha value is -1.46. The molecule has 104 valence electrons. The summed E-state index contributed by atoms with van der Waals surface area (Å²) < 4.78 is 10.4. The molecule has 19 heavy (non-hydrogen) atoms. The van der Waals surface area contributed by atoms with Crippen LogP contribution in [0.2, 0.25) is 0 Å². The van der Waals surface area contributed by atoms with Crippen molar-refractivity contribution in [3.8, 4) is 0 Å². The third-order valence-electron chi connectivity index (χ3n) is 3.22. The molecular formula is C14H20N2O3. The van der Waals surface area contributed by atoms with Crippen LogP contribution in [0.15, 0.2) is 24.5 Å². The van der Waals surface area contributed by atoms with Gasteiger partial charge in [0.2, 0.25) is 0 Å². The van der Waals surface area contributed by atoms with E-state index in [-0.39, 0.29) is 12.0 Å². The molecule has 1 atom stereocenters. The predicted octanol–water partition coefficient (Wildman–Crippen LogP) is 1.41. The Labute approximate surface area is 113 Å². The second kappa shape index (κ2) is 7.21. The minimum Gasteiger partial charge on any atom is -0.466 e. The van der Waals surface area contributed by atoms with Crippen molar-refractivity contribution in [2.24, 2.45) is 0 Å². The monoisotopic (exact) mass is 264 g/mol. The van der Waals surface area contributed by atoms with Gasteiger partial charge in [0.05, 0.1) is 26.2 Å². The van der Waals surface area contributed by atoms with Crippen LogP contribution in [0, 0.1) is 0 Å². The Balaban J connectivity index is 2.10. The van der Waals surface area contributed by atoms with Crippen LogP contribution >= 0.6 is 0 Å². The first-order chi connectivity index (χ1) is 9.31. The van der Waals surface area contributed by atoms with Crippen LogP contribution < -0.4 is 0 Å². The summed E-state index contributed by atoms with van der Waals surface area (Å²) in [4.78, 5) is 18.2. The minimum absolute atomic E-state index is 0.0247. The first-order valence-corrected chi connectivity index (χ1v) is 6.68. The van der Waals surface area contributed by atoms with Crippen molar-refractivity contribution in [2.75, 3.05) is 32.9 Å². The highest BCUT2D eigenvalue weighted by molar-refractivity contribution is 5.70. The summed E-state index contributed by atoms with van der Waals surface area (Å²) in [5.41, 5.74) is 1.05. The van der Waals surface area contributed by atoms with E-state index in [0.717, 1.165) is 18.7 Å². The maximum atomic E-state index is 11.8. The highest BCUT2D eigenvalue weighted by Crippen LogP contribution is 2.25. The number of aromatic nitrogens is 1. The molecule has 0 radical (unpaired) electrons. The fraction of sp³-hybridized carbons (Fsp3) is 0.571. The molecule has 1 saturated heterocycles. The third-order valence-corrected chi connectivity index (χ3v) is 3.22. The summed E-state index contributed by atoms with van der Waals surface area (Å²) in [7, 11) is 0. The van der Waals surface area contributed by atoms with E-state index < -0.39 is 0 Å². The lowest BCUT2D eigenvalue weighted by atomic mass is 10.0. The fourth-order valence-electron chi connectivity index (χ4n) is 2.30. The largest absolute Gasteiger partial charge is 0.466 e. The van der Waals surface area contributed by atoms with E-state index in [1.54, 1.807) is 6.20 Å². The van der Waals surface area contributed by atoms with Gasteiger partial charge in [-0.15, -0.1) is 0 Å². The Morgan fingerprint density at radius 1 is 1.53 bits per heavy atom. The van der Waals surface area contributed by atoms with Gasteiger partial charge in [0.25, 0.3) is 0 Å². The number of hydrogen-bond donors (Lipinski definition) is 0. The third kappa shape index (κ3) is 4.01. The van der Waals surface area contributed by atoms with Gasteiger partial charge < -0.3 is 9.47 Å². The smallest absolute Gasteiger partial charge is 0.307 e. The molecule has 1 fully saturated rings. The summed E-state index contributed by atoms with van der Waals surface area (Å²) in [5, 5.41) is 0. The molecule has 0 N–H and O–H groups in total. The van der Waals surface area contributed by atoms with E-state index >= 15 is 0 Å². The van der Waals surface area contributed by atoms with E-state index in [4.69, 9.17) is 9.47 Å². The van der Waals surface area contributed by atoms with Gasteiger partial charge in [-0.2, -0.15) is 0 Å². The van der Waals surface area contributed by atoms with Crippen LogP contribution in [0.1, 0.15) is 24.9 Å². The van der Waals surface area contributed by atoms with E-state index in [2.05, 4.69) is 9.88 Å². The van der Waals surface area contributed by atoms with Crippen LogP contribution in [0.3, 0.4) is 0 Å². The lowest BCUT2D eigenvalue weighted by molar-refractivity contribution is -0.145. The van der Waals surface area contributed by atoms with Crippen LogP contribution in [0.5, 0.6) is 0 Å². The number of morpholine rings is 1. The van der Waals surface area contributed by atoms with E-state index in [1.807, 2.05) is 25.3 Å². The van der Waals surface area contributed by atoms with Crippen molar-refractivity contribution < 1.29 is 14.3 Å². The number of pyridine rings is 1. The summed E-state index contributed by atoms with van der Waals surface area (Å²) in [5.74, 6) is -0.164. The zero-order valence-corrected chi connectivity index (χ0v) is 11.2. The number of ether oxygens (including phenoxy) is 2. The van der Waals surface area contributed by atoms with Crippen LogP contribution in [0.4, 0.5) is 0 Å². The van der Waals surface area contributed by atoms with Gasteiger partial charge >= 0.3 is 5.97 Å². The molecule has 0 aliphatic carbocycles. The molecule has 2 rings (SSSR count). The topological polar surface area (TPSA) is 51.7 Å². The van der Waals surface area contributed by atoms with Crippen molar-refractivity contribution in [3.63, 3.8) is 0 Å². The normalized spacial score (nSPS) is 17.9. The Morgan fingerprint density at radius 2 is 2.32 bits per heavy atom. The van der Waals surface area contributed by atoms with Crippen molar-refractivity contribution in [2.45, 2.75) is 19.4 Å². The van der Waals surface area contributed by atoms with Gasteiger partial charge in [-0.25, -0.2) is 0 Å². The van der Waals surface area contributed by atoms with Gasteiger partial charge in [0.1, 0.15) is 0 Å². The van der Waals surface area contributed by atoms with Crippen molar-refractivity contribution >= 4 is 5.97 Å². The fourth-order valence-corrected chi connectivity index (χ4v) is 2.30. The second-order valence-corrected chi connectivity index (χ2v) is 4.46. The van der Waals surface area contributed by atoms with Gasteiger partial charge in [-0.3, -0.25) is 14.7 Å². The highest BCUT2D eigenvalue weighted by atomic mass is 16.5.